The zero-order chi connectivity index (χ0) is 22.2. The third kappa shape index (κ3) is 6.06. The Hall–Kier alpha value is -2.89. The van der Waals surface area contributed by atoms with Crippen molar-refractivity contribution in [3.63, 3.8) is 0 Å². The highest BCUT2D eigenvalue weighted by Gasteiger charge is 2.29. The lowest BCUT2D eigenvalue weighted by atomic mass is 9.87. The number of anilines is 1. The standard InChI is InChI=1S/C23H23N3O3S2/c1-3-29-17-8-6-16(7-9-17)25-22(28)14-31-23-20(13-24)19(12-21(27)26-23)15-4-10-18(30-2)11-5-15/h4-11,19H,3,12,14H2,1-2H3,(H,25,28)(H,26,27)/t19-/m0/s1. The van der Waals surface area contributed by atoms with Crippen LogP contribution in [0.1, 0.15) is 24.8 Å². The van der Waals surface area contributed by atoms with E-state index >= 15 is 0 Å². The molecule has 1 atom stereocenters. The van der Waals surface area contributed by atoms with Gasteiger partial charge >= 0.3 is 0 Å². The van der Waals surface area contributed by atoms with E-state index in [4.69, 9.17) is 4.74 Å². The molecule has 2 N–H and O–H groups in total. The maximum absolute atomic E-state index is 12.4. The van der Waals surface area contributed by atoms with Gasteiger partial charge in [0.15, 0.2) is 0 Å². The van der Waals surface area contributed by atoms with Crippen molar-refractivity contribution >= 4 is 41.0 Å². The number of benzene rings is 2. The summed E-state index contributed by atoms with van der Waals surface area (Å²) in [7, 11) is 0. The third-order valence-corrected chi connectivity index (χ3v) is 6.43. The van der Waals surface area contributed by atoms with Crippen molar-refractivity contribution in [1.29, 1.82) is 5.26 Å². The first-order valence-electron chi connectivity index (χ1n) is 9.77. The Balaban J connectivity index is 1.69. The first-order valence-corrected chi connectivity index (χ1v) is 12.0. The Labute approximate surface area is 190 Å². The molecule has 0 radical (unpaired) electrons. The van der Waals surface area contributed by atoms with Gasteiger partial charge in [-0.15, -0.1) is 11.8 Å². The van der Waals surface area contributed by atoms with E-state index in [-0.39, 0.29) is 29.9 Å². The van der Waals surface area contributed by atoms with Crippen molar-refractivity contribution in [2.75, 3.05) is 23.9 Å². The molecule has 2 amide bonds. The van der Waals surface area contributed by atoms with Gasteiger partial charge in [-0.3, -0.25) is 9.59 Å². The Morgan fingerprint density at radius 3 is 2.55 bits per heavy atom. The lowest BCUT2D eigenvalue weighted by Crippen LogP contribution is -2.31. The van der Waals surface area contributed by atoms with Crippen molar-refractivity contribution in [3.05, 3.63) is 64.7 Å². The van der Waals surface area contributed by atoms with Crippen LogP contribution in [0.15, 0.2) is 64.0 Å². The van der Waals surface area contributed by atoms with E-state index in [0.29, 0.717) is 22.9 Å². The van der Waals surface area contributed by atoms with Crippen molar-refractivity contribution in [1.82, 2.24) is 5.32 Å². The molecule has 2 aromatic rings. The van der Waals surface area contributed by atoms with Gasteiger partial charge < -0.3 is 15.4 Å². The minimum absolute atomic E-state index is 0.0755. The molecule has 1 aliphatic heterocycles. The van der Waals surface area contributed by atoms with Gasteiger partial charge in [-0.05, 0) is 55.1 Å². The van der Waals surface area contributed by atoms with Gasteiger partial charge in [0.05, 0.1) is 29.0 Å². The molecule has 0 fully saturated rings. The molecule has 0 aromatic heterocycles. The van der Waals surface area contributed by atoms with Crippen molar-refractivity contribution < 1.29 is 14.3 Å². The summed E-state index contributed by atoms with van der Waals surface area (Å²) in [5.41, 5.74) is 2.06. The summed E-state index contributed by atoms with van der Waals surface area (Å²) in [5.74, 6) is 0.116. The van der Waals surface area contributed by atoms with Crippen LogP contribution < -0.4 is 15.4 Å². The van der Waals surface area contributed by atoms with Gasteiger partial charge in [0.25, 0.3) is 0 Å². The van der Waals surface area contributed by atoms with Crippen molar-refractivity contribution in [3.8, 4) is 11.8 Å². The number of nitrogens with zero attached hydrogens (tertiary/aromatic N) is 1. The molecule has 0 bridgehead atoms. The van der Waals surface area contributed by atoms with Gasteiger partial charge in [0.2, 0.25) is 11.8 Å². The van der Waals surface area contributed by atoms with Crippen molar-refractivity contribution in [2.24, 2.45) is 0 Å². The average molecular weight is 454 g/mol. The van der Waals surface area contributed by atoms with Crippen LogP contribution in [0.2, 0.25) is 0 Å². The van der Waals surface area contributed by atoms with Crippen LogP contribution in [0, 0.1) is 11.3 Å². The van der Waals surface area contributed by atoms with Gasteiger partial charge in [-0.25, -0.2) is 0 Å². The summed E-state index contributed by atoms with van der Waals surface area (Å²) in [6.45, 7) is 2.48. The average Bonchev–Trinajstić information content (AvgIpc) is 2.79. The highest BCUT2D eigenvalue weighted by atomic mass is 32.2. The van der Waals surface area contributed by atoms with E-state index in [1.165, 1.54) is 0 Å². The second-order valence-corrected chi connectivity index (χ2v) is 8.59. The zero-order valence-corrected chi connectivity index (χ0v) is 18.9. The highest BCUT2D eigenvalue weighted by Crippen LogP contribution is 2.36. The van der Waals surface area contributed by atoms with Gasteiger partial charge in [-0.1, -0.05) is 23.9 Å². The van der Waals surface area contributed by atoms with E-state index in [2.05, 4.69) is 16.7 Å². The van der Waals surface area contributed by atoms with Crippen molar-refractivity contribution in [2.45, 2.75) is 24.2 Å². The van der Waals surface area contributed by atoms with Crippen LogP contribution in [0.5, 0.6) is 5.75 Å². The Kier molecular flexibility index (Phi) is 8.04. The molecule has 1 aliphatic rings. The zero-order valence-electron chi connectivity index (χ0n) is 17.3. The molecule has 3 rings (SSSR count). The fourth-order valence-electron chi connectivity index (χ4n) is 3.19. The number of nitrogens with one attached hydrogen (secondary N) is 2. The van der Waals surface area contributed by atoms with Crippen LogP contribution in [-0.4, -0.2) is 30.4 Å². The van der Waals surface area contributed by atoms with Crippen LogP contribution in [-0.2, 0) is 9.59 Å². The molecule has 2 aromatic carbocycles. The third-order valence-electron chi connectivity index (χ3n) is 4.67. The number of carbonyl (C=O) groups excluding carboxylic acids is 2. The normalized spacial score (nSPS) is 15.8. The van der Waals surface area contributed by atoms with Crippen LogP contribution in [0.25, 0.3) is 0 Å². The first-order chi connectivity index (χ1) is 15.0. The quantitative estimate of drug-likeness (QED) is 0.571. The molecule has 0 spiro atoms. The fraction of sp³-hybridized carbons (Fsp3) is 0.261. The molecule has 0 saturated carbocycles. The van der Waals surface area contributed by atoms with Gasteiger partial charge in [0, 0.05) is 22.9 Å². The lowest BCUT2D eigenvalue weighted by Gasteiger charge is -2.25. The van der Waals surface area contributed by atoms with Crippen LogP contribution in [0.4, 0.5) is 5.69 Å². The second-order valence-electron chi connectivity index (χ2n) is 6.73. The van der Waals surface area contributed by atoms with Gasteiger partial charge in [0.1, 0.15) is 5.75 Å². The molecule has 0 aliphatic carbocycles. The SMILES string of the molecule is CCOc1ccc(NC(=O)CSC2=C(C#N)[C@H](c3ccc(SC)cc3)CC(=O)N2)cc1. The fourth-order valence-corrected chi connectivity index (χ4v) is 4.48. The monoisotopic (exact) mass is 453 g/mol. The Morgan fingerprint density at radius 1 is 1.23 bits per heavy atom. The lowest BCUT2D eigenvalue weighted by molar-refractivity contribution is -0.121. The number of carbonyl (C=O) groups is 2. The molecule has 0 saturated heterocycles. The van der Waals surface area contributed by atoms with Crippen LogP contribution >= 0.6 is 23.5 Å². The number of allylic oxidation sites excluding steroid dienone is 1. The van der Waals surface area contributed by atoms with E-state index in [9.17, 15) is 14.9 Å². The van der Waals surface area contributed by atoms with E-state index in [0.717, 1.165) is 28.0 Å². The number of rotatable bonds is 8. The van der Waals surface area contributed by atoms with E-state index in [1.54, 1.807) is 36.0 Å². The summed E-state index contributed by atoms with van der Waals surface area (Å²) in [5, 5.41) is 15.8. The van der Waals surface area contributed by atoms with Crippen LogP contribution in [0.3, 0.4) is 0 Å². The minimum Gasteiger partial charge on any atom is -0.494 e. The highest BCUT2D eigenvalue weighted by molar-refractivity contribution is 8.03. The number of hydrogen-bond donors (Lipinski definition) is 2. The smallest absolute Gasteiger partial charge is 0.234 e. The summed E-state index contributed by atoms with van der Waals surface area (Å²) < 4.78 is 5.39. The maximum Gasteiger partial charge on any atom is 0.234 e. The summed E-state index contributed by atoms with van der Waals surface area (Å²) in [4.78, 5) is 25.8. The summed E-state index contributed by atoms with van der Waals surface area (Å²) >= 11 is 2.80. The summed E-state index contributed by atoms with van der Waals surface area (Å²) in [6.07, 6.45) is 2.21. The Bertz CT molecular complexity index is 1010. The molecule has 0 unspecified atom stereocenters. The topological polar surface area (TPSA) is 91.2 Å². The number of amides is 2. The van der Waals surface area contributed by atoms with E-state index in [1.807, 2.05) is 37.4 Å². The second kappa shape index (κ2) is 10.9. The maximum atomic E-state index is 12.4. The Morgan fingerprint density at radius 2 is 1.94 bits per heavy atom. The molecule has 1 heterocycles. The molecular weight excluding hydrogens is 430 g/mol. The predicted molar refractivity (Wildman–Crippen MR) is 125 cm³/mol. The van der Waals surface area contributed by atoms with E-state index < -0.39 is 0 Å². The largest absolute Gasteiger partial charge is 0.494 e. The number of hydrogen-bond acceptors (Lipinski definition) is 6. The number of thioether (sulfide) groups is 2. The number of ether oxygens (including phenoxy) is 1. The predicted octanol–water partition coefficient (Wildman–Crippen LogP) is 4.52. The minimum atomic E-state index is -0.314. The first kappa shape index (κ1) is 22.8. The molecular formula is C23H23N3O3S2. The number of nitriles is 1. The molecule has 8 heteroatoms. The summed E-state index contributed by atoms with van der Waals surface area (Å²) in [6, 6.07) is 17.2. The molecule has 160 valence electrons. The molecule has 6 nitrogen and oxygen atoms in total. The van der Waals surface area contributed by atoms with Gasteiger partial charge in [-0.2, -0.15) is 5.26 Å². The molecule has 31 heavy (non-hydrogen) atoms.